The second kappa shape index (κ2) is 8.56. The van der Waals surface area contributed by atoms with Gasteiger partial charge in [-0.25, -0.2) is 0 Å². The second-order valence-corrected chi connectivity index (χ2v) is 6.72. The van der Waals surface area contributed by atoms with Crippen LogP contribution in [0.3, 0.4) is 0 Å². The predicted molar refractivity (Wildman–Crippen MR) is 99.3 cm³/mol. The molecule has 1 aliphatic rings. The molecule has 0 aromatic heterocycles. The number of fused-ring (bicyclic) bond motifs is 1. The van der Waals surface area contributed by atoms with Gasteiger partial charge in [0.25, 0.3) is 0 Å². The lowest BCUT2D eigenvalue weighted by Gasteiger charge is -2.23. The Labute approximate surface area is 153 Å². The molecule has 2 aromatic rings. The number of benzene rings is 2. The molecule has 5 heteroatoms. The number of ether oxygens (including phenoxy) is 2. The molecule has 0 saturated heterocycles. The summed E-state index contributed by atoms with van der Waals surface area (Å²) < 4.78 is 11.6. The maximum absolute atomic E-state index is 8.82. The molecule has 1 unspecified atom stereocenters. The van der Waals surface area contributed by atoms with Crippen molar-refractivity contribution in [3.05, 3.63) is 58.6 Å². The Bertz CT molecular complexity index is 690. The van der Waals surface area contributed by atoms with Gasteiger partial charge in [0.05, 0.1) is 6.61 Å². The molecule has 0 radical (unpaired) electrons. The minimum absolute atomic E-state index is 0.0252. The molecule has 1 atom stereocenters. The van der Waals surface area contributed by atoms with Crippen molar-refractivity contribution in [1.29, 1.82) is 0 Å². The van der Waals surface area contributed by atoms with Gasteiger partial charge >= 0.3 is 0 Å². The molecule has 1 aliphatic heterocycles. The van der Waals surface area contributed by atoms with E-state index in [9.17, 15) is 0 Å². The smallest absolute Gasteiger partial charge is 0.125 e. The molecule has 25 heavy (non-hydrogen) atoms. The van der Waals surface area contributed by atoms with Crippen LogP contribution in [-0.4, -0.2) is 35.9 Å². The summed E-state index contributed by atoms with van der Waals surface area (Å²) >= 11 is 6.12. The number of aliphatic hydroxyl groups excluding tert-OH is 1. The first-order valence-corrected chi connectivity index (χ1v) is 9.05. The van der Waals surface area contributed by atoms with Gasteiger partial charge in [-0.3, -0.25) is 4.90 Å². The molecular weight excluding hydrogens is 338 g/mol. The lowest BCUT2D eigenvalue weighted by Crippen LogP contribution is -2.32. The van der Waals surface area contributed by atoms with Gasteiger partial charge in [-0.15, -0.1) is 0 Å². The van der Waals surface area contributed by atoms with Crippen LogP contribution in [-0.2, 0) is 13.1 Å². The van der Waals surface area contributed by atoms with Crippen LogP contribution >= 0.6 is 11.6 Å². The molecule has 0 spiro atoms. The van der Waals surface area contributed by atoms with E-state index in [-0.39, 0.29) is 12.7 Å². The lowest BCUT2D eigenvalue weighted by molar-refractivity contribution is 0.139. The molecule has 1 N–H and O–H groups in total. The van der Waals surface area contributed by atoms with Crippen LogP contribution in [0.1, 0.15) is 24.5 Å². The molecule has 134 valence electrons. The highest BCUT2D eigenvalue weighted by atomic mass is 35.5. The summed E-state index contributed by atoms with van der Waals surface area (Å²) in [5.41, 5.74) is 2.40. The van der Waals surface area contributed by atoms with E-state index in [2.05, 4.69) is 30.0 Å². The van der Waals surface area contributed by atoms with Gasteiger partial charge in [0.15, 0.2) is 0 Å². The van der Waals surface area contributed by atoms with Crippen LogP contribution in [0, 0.1) is 0 Å². The van der Waals surface area contributed by atoms with Crippen molar-refractivity contribution in [3.8, 4) is 11.5 Å². The van der Waals surface area contributed by atoms with Crippen LogP contribution < -0.4 is 9.47 Å². The summed E-state index contributed by atoms with van der Waals surface area (Å²) in [5, 5.41) is 9.53. The first-order chi connectivity index (χ1) is 12.2. The first kappa shape index (κ1) is 18.1. The summed E-state index contributed by atoms with van der Waals surface area (Å²) in [6, 6.07) is 13.9. The Kier molecular flexibility index (Phi) is 6.19. The zero-order chi connectivity index (χ0) is 17.6. The molecule has 4 nitrogen and oxygen atoms in total. The normalized spacial score (nSPS) is 17.5. The van der Waals surface area contributed by atoms with E-state index >= 15 is 0 Å². The van der Waals surface area contributed by atoms with Crippen LogP contribution in [0.4, 0.5) is 0 Å². The van der Waals surface area contributed by atoms with Crippen molar-refractivity contribution < 1.29 is 14.6 Å². The van der Waals surface area contributed by atoms with Crippen LogP contribution in [0.2, 0.25) is 5.02 Å². The van der Waals surface area contributed by atoms with Gasteiger partial charge in [0, 0.05) is 30.2 Å². The summed E-state index contributed by atoms with van der Waals surface area (Å²) in [6.45, 7) is 5.06. The van der Waals surface area contributed by atoms with Crippen LogP contribution in [0.15, 0.2) is 42.5 Å². The highest BCUT2D eigenvalue weighted by Gasteiger charge is 2.22. The van der Waals surface area contributed by atoms with Crippen molar-refractivity contribution in [2.75, 3.05) is 19.8 Å². The molecule has 0 saturated carbocycles. The van der Waals surface area contributed by atoms with Crippen LogP contribution in [0.5, 0.6) is 11.5 Å². The SMILES string of the molecule is CCC1CN(Cc2ccc(OCCO)cc2)Cc2ccc(Cl)cc2O1. The fourth-order valence-corrected chi connectivity index (χ4v) is 3.19. The summed E-state index contributed by atoms with van der Waals surface area (Å²) in [5.74, 6) is 1.68. The van der Waals surface area contributed by atoms with Crippen molar-refractivity contribution in [2.45, 2.75) is 32.5 Å². The van der Waals surface area contributed by atoms with E-state index in [0.717, 1.165) is 37.6 Å². The zero-order valence-corrected chi connectivity index (χ0v) is 15.2. The van der Waals surface area contributed by atoms with Crippen LogP contribution in [0.25, 0.3) is 0 Å². The Morgan fingerprint density at radius 1 is 1.24 bits per heavy atom. The second-order valence-electron chi connectivity index (χ2n) is 6.29. The van der Waals surface area contributed by atoms with E-state index < -0.39 is 0 Å². The topological polar surface area (TPSA) is 41.9 Å². The molecule has 1 heterocycles. The largest absolute Gasteiger partial charge is 0.491 e. The molecule has 0 amide bonds. The Hall–Kier alpha value is -1.75. The molecule has 0 bridgehead atoms. The van der Waals surface area contributed by atoms with Gasteiger partial charge in [0.2, 0.25) is 0 Å². The van der Waals surface area contributed by atoms with Crippen molar-refractivity contribution in [3.63, 3.8) is 0 Å². The number of hydrogen-bond acceptors (Lipinski definition) is 4. The van der Waals surface area contributed by atoms with E-state index in [0.29, 0.717) is 11.6 Å². The van der Waals surface area contributed by atoms with Gasteiger partial charge < -0.3 is 14.6 Å². The summed E-state index contributed by atoms with van der Waals surface area (Å²) in [7, 11) is 0. The van der Waals surface area contributed by atoms with Crippen molar-refractivity contribution in [1.82, 2.24) is 4.90 Å². The minimum atomic E-state index is 0.0252. The Balaban J connectivity index is 1.71. The fourth-order valence-electron chi connectivity index (χ4n) is 3.02. The average molecular weight is 362 g/mol. The maximum Gasteiger partial charge on any atom is 0.125 e. The van der Waals surface area contributed by atoms with Crippen molar-refractivity contribution >= 4 is 11.6 Å². The summed E-state index contributed by atoms with van der Waals surface area (Å²) in [6.07, 6.45) is 1.11. The third-order valence-electron chi connectivity index (χ3n) is 4.32. The van der Waals surface area contributed by atoms with E-state index in [4.69, 9.17) is 26.2 Å². The quantitative estimate of drug-likeness (QED) is 0.847. The zero-order valence-electron chi connectivity index (χ0n) is 14.5. The average Bonchev–Trinajstić information content (AvgIpc) is 2.79. The first-order valence-electron chi connectivity index (χ1n) is 8.68. The van der Waals surface area contributed by atoms with Gasteiger partial charge in [-0.2, -0.15) is 0 Å². The highest BCUT2D eigenvalue weighted by Crippen LogP contribution is 2.29. The molecule has 0 aliphatic carbocycles. The minimum Gasteiger partial charge on any atom is -0.491 e. The van der Waals surface area contributed by atoms with Gasteiger partial charge in [-0.05, 0) is 36.2 Å². The lowest BCUT2D eigenvalue weighted by atomic mass is 10.1. The van der Waals surface area contributed by atoms with Gasteiger partial charge in [0.1, 0.15) is 24.2 Å². The number of rotatable bonds is 6. The van der Waals surface area contributed by atoms with Crippen molar-refractivity contribution in [2.24, 2.45) is 0 Å². The monoisotopic (exact) mass is 361 g/mol. The highest BCUT2D eigenvalue weighted by molar-refractivity contribution is 6.30. The third kappa shape index (κ3) is 4.88. The Morgan fingerprint density at radius 2 is 2.04 bits per heavy atom. The van der Waals surface area contributed by atoms with E-state index in [1.165, 1.54) is 11.1 Å². The fraction of sp³-hybridized carbons (Fsp3) is 0.400. The standard InChI is InChI=1S/C20H24ClNO3/c1-2-18-14-22(13-16-5-6-17(21)11-20(16)25-18)12-15-3-7-19(8-4-15)24-10-9-23/h3-8,11,18,23H,2,9-10,12-14H2,1H3. The number of aliphatic hydroxyl groups is 1. The van der Waals surface area contributed by atoms with Gasteiger partial charge in [-0.1, -0.05) is 36.7 Å². The predicted octanol–water partition coefficient (Wildman–Crippen LogP) is 3.88. The third-order valence-corrected chi connectivity index (χ3v) is 4.56. The number of halogens is 1. The van der Waals surface area contributed by atoms with E-state index in [1.807, 2.05) is 24.3 Å². The summed E-state index contributed by atoms with van der Waals surface area (Å²) in [4.78, 5) is 2.40. The van der Waals surface area contributed by atoms with E-state index in [1.54, 1.807) is 0 Å². The number of hydrogen-bond donors (Lipinski definition) is 1. The molecular formula is C20H24ClNO3. The molecule has 2 aromatic carbocycles. The maximum atomic E-state index is 8.82. The Morgan fingerprint density at radius 3 is 2.76 bits per heavy atom. The molecule has 0 fully saturated rings. The number of nitrogens with zero attached hydrogens (tertiary/aromatic N) is 1. The molecule has 3 rings (SSSR count).